The van der Waals surface area contributed by atoms with Gasteiger partial charge in [0.15, 0.2) is 0 Å². The van der Waals surface area contributed by atoms with E-state index in [9.17, 15) is 19.2 Å². The van der Waals surface area contributed by atoms with Gasteiger partial charge in [0.1, 0.15) is 6.29 Å². The van der Waals surface area contributed by atoms with Gasteiger partial charge in [0, 0.05) is 24.5 Å². The van der Waals surface area contributed by atoms with E-state index < -0.39 is 23.6 Å². The maximum absolute atomic E-state index is 11.2. The van der Waals surface area contributed by atoms with Gasteiger partial charge in [0.25, 0.3) is 0 Å². The van der Waals surface area contributed by atoms with Crippen molar-refractivity contribution in [2.45, 2.75) is 19.1 Å². The van der Waals surface area contributed by atoms with Crippen LogP contribution < -0.4 is 0 Å². The number of carbonyl (C=O) groups is 4. The number of esters is 2. The van der Waals surface area contributed by atoms with Crippen LogP contribution in [0.2, 0.25) is 0 Å². The van der Waals surface area contributed by atoms with Crippen LogP contribution in [0.5, 0.6) is 0 Å². The lowest BCUT2D eigenvalue weighted by Gasteiger charge is -2.31. The lowest BCUT2D eigenvalue weighted by molar-refractivity contribution is -0.228. The van der Waals surface area contributed by atoms with Crippen molar-refractivity contribution in [1.82, 2.24) is 0 Å². The summed E-state index contributed by atoms with van der Waals surface area (Å²) in [5, 5.41) is 0. The van der Waals surface area contributed by atoms with Crippen LogP contribution >= 0.6 is 0 Å². The summed E-state index contributed by atoms with van der Waals surface area (Å²) in [6, 6.07) is 0. The van der Waals surface area contributed by atoms with E-state index in [-0.39, 0.29) is 12.7 Å². The van der Waals surface area contributed by atoms with Crippen molar-refractivity contribution in [2.75, 3.05) is 0 Å². The minimum Gasteiger partial charge on any atom is -0.412 e. The first kappa shape index (κ1) is 15.8. The fraction of sp³-hybridized carbons (Fsp3) is 0.333. The first-order valence-corrected chi connectivity index (χ1v) is 5.06. The normalized spacial score (nSPS) is 11.8. The number of rotatable bonds is 8. The number of ether oxygens (including phenoxy) is 2. The summed E-state index contributed by atoms with van der Waals surface area (Å²) in [4.78, 5) is 43.9. The molecule has 0 heterocycles. The largest absolute Gasteiger partial charge is 0.412 e. The molecule has 1 unspecified atom stereocenters. The zero-order valence-corrected chi connectivity index (χ0v) is 9.96. The molecule has 0 bridgehead atoms. The Kier molecular flexibility index (Phi) is 6.27. The van der Waals surface area contributed by atoms with Crippen LogP contribution in [0.1, 0.15) is 13.3 Å². The van der Waals surface area contributed by atoms with Crippen LogP contribution in [0, 0.1) is 5.92 Å². The topological polar surface area (TPSA) is 86.7 Å². The van der Waals surface area contributed by atoms with Crippen LogP contribution in [0.15, 0.2) is 25.3 Å². The van der Waals surface area contributed by atoms with Gasteiger partial charge < -0.3 is 14.3 Å². The summed E-state index contributed by atoms with van der Waals surface area (Å²) in [5.41, 5.74) is 0. The second-order valence-electron chi connectivity index (χ2n) is 3.39. The van der Waals surface area contributed by atoms with E-state index in [4.69, 9.17) is 9.47 Å². The van der Waals surface area contributed by atoms with Crippen molar-refractivity contribution in [3.63, 3.8) is 0 Å². The summed E-state index contributed by atoms with van der Waals surface area (Å²) in [7, 11) is 0. The summed E-state index contributed by atoms with van der Waals surface area (Å²) >= 11 is 0. The van der Waals surface area contributed by atoms with Gasteiger partial charge in [-0.2, -0.15) is 0 Å². The fourth-order valence-electron chi connectivity index (χ4n) is 1.09. The van der Waals surface area contributed by atoms with Gasteiger partial charge in [-0.25, -0.2) is 9.59 Å². The van der Waals surface area contributed by atoms with Gasteiger partial charge >= 0.3 is 17.7 Å². The molecule has 0 aliphatic carbocycles. The second-order valence-corrected chi connectivity index (χ2v) is 3.39. The predicted molar refractivity (Wildman–Crippen MR) is 61.2 cm³/mol. The van der Waals surface area contributed by atoms with Crippen LogP contribution in [0.4, 0.5) is 0 Å². The third-order valence-electron chi connectivity index (χ3n) is 2.15. The third-order valence-corrected chi connectivity index (χ3v) is 2.15. The summed E-state index contributed by atoms with van der Waals surface area (Å²) in [6.45, 7) is 7.75. The lowest BCUT2D eigenvalue weighted by Crippen LogP contribution is -2.47. The number of carbonyl (C=O) groups excluding carboxylic acids is 4. The third kappa shape index (κ3) is 3.97. The Labute approximate surface area is 104 Å². The van der Waals surface area contributed by atoms with E-state index in [1.807, 2.05) is 0 Å². The van der Waals surface area contributed by atoms with Crippen LogP contribution in [-0.2, 0) is 28.7 Å². The maximum Gasteiger partial charge on any atom is 0.333 e. The molecule has 0 aromatic carbocycles. The fourth-order valence-corrected chi connectivity index (χ4v) is 1.09. The van der Waals surface area contributed by atoms with E-state index in [2.05, 4.69) is 13.2 Å². The Morgan fingerprint density at radius 2 is 1.61 bits per heavy atom. The molecule has 6 heteroatoms. The average molecular weight is 254 g/mol. The average Bonchev–Trinajstić information content (AvgIpc) is 2.37. The van der Waals surface area contributed by atoms with Crippen molar-refractivity contribution in [3.8, 4) is 0 Å². The number of hydrogen-bond acceptors (Lipinski definition) is 6. The first-order valence-electron chi connectivity index (χ1n) is 5.06. The second kappa shape index (κ2) is 7.16. The smallest absolute Gasteiger partial charge is 0.333 e. The quantitative estimate of drug-likeness (QED) is 0.272. The van der Waals surface area contributed by atoms with Gasteiger partial charge in [0.05, 0.1) is 0 Å². The Hall–Kier alpha value is -2.24. The van der Waals surface area contributed by atoms with Crippen LogP contribution in [-0.4, -0.2) is 30.3 Å². The predicted octanol–water partition coefficient (Wildman–Crippen LogP) is 0.565. The minimum absolute atomic E-state index is 0.131. The molecule has 0 fully saturated rings. The van der Waals surface area contributed by atoms with Crippen LogP contribution in [0.25, 0.3) is 0 Å². The standard InChI is InChI=1S/C12H14O6/c1-4-10(15)17-12(8-14,9(3)6-7-13)18-11(16)5-2/h4-5,7-9H,1-2,6H2,3H3. The number of aldehydes is 2. The molecule has 0 rings (SSSR count). The zero-order valence-electron chi connectivity index (χ0n) is 9.96. The van der Waals surface area contributed by atoms with Gasteiger partial charge in [-0.05, 0) is 0 Å². The molecule has 0 aromatic rings. The van der Waals surface area contributed by atoms with Gasteiger partial charge in [-0.15, -0.1) is 0 Å². The summed E-state index contributed by atoms with van der Waals surface area (Å²) in [5.74, 6) is -4.88. The van der Waals surface area contributed by atoms with Crippen molar-refractivity contribution in [3.05, 3.63) is 25.3 Å². The van der Waals surface area contributed by atoms with Crippen molar-refractivity contribution < 1.29 is 28.7 Å². The molecule has 1 atom stereocenters. The molecular formula is C12H14O6. The minimum atomic E-state index is -2.16. The van der Waals surface area contributed by atoms with E-state index in [1.54, 1.807) is 0 Å². The molecule has 0 amide bonds. The SMILES string of the molecule is C=CC(=O)OC(C=O)(OC(=O)C=C)C(C)CC=O. The van der Waals surface area contributed by atoms with Crippen molar-refractivity contribution in [1.29, 1.82) is 0 Å². The van der Waals surface area contributed by atoms with Crippen LogP contribution in [0.3, 0.4) is 0 Å². The van der Waals surface area contributed by atoms with Gasteiger partial charge in [-0.3, -0.25) is 4.79 Å². The highest BCUT2D eigenvalue weighted by Gasteiger charge is 2.43. The van der Waals surface area contributed by atoms with Crippen molar-refractivity contribution >= 4 is 24.5 Å². The van der Waals surface area contributed by atoms with E-state index in [0.717, 1.165) is 12.2 Å². The Bertz CT molecular complexity index is 349. The van der Waals surface area contributed by atoms with E-state index in [0.29, 0.717) is 6.29 Å². The molecule has 0 saturated heterocycles. The molecule has 0 spiro atoms. The van der Waals surface area contributed by atoms with Gasteiger partial charge in [0.2, 0.25) is 6.29 Å². The highest BCUT2D eigenvalue weighted by Crippen LogP contribution is 2.25. The van der Waals surface area contributed by atoms with Crippen molar-refractivity contribution in [2.24, 2.45) is 5.92 Å². The van der Waals surface area contributed by atoms with E-state index >= 15 is 0 Å². The highest BCUT2D eigenvalue weighted by molar-refractivity contribution is 5.86. The molecule has 0 radical (unpaired) electrons. The molecule has 0 aromatic heterocycles. The Morgan fingerprint density at radius 1 is 1.17 bits per heavy atom. The van der Waals surface area contributed by atoms with E-state index in [1.165, 1.54) is 6.92 Å². The van der Waals surface area contributed by atoms with Gasteiger partial charge in [-0.1, -0.05) is 20.1 Å². The maximum atomic E-state index is 11.2. The molecule has 0 saturated carbocycles. The zero-order chi connectivity index (χ0) is 14.2. The molecule has 98 valence electrons. The molecule has 0 N–H and O–H groups in total. The lowest BCUT2D eigenvalue weighted by atomic mass is 9.98. The highest BCUT2D eigenvalue weighted by atomic mass is 16.7. The number of hydrogen-bond donors (Lipinski definition) is 0. The first-order chi connectivity index (χ1) is 8.45. The summed E-state index contributed by atoms with van der Waals surface area (Å²) < 4.78 is 9.50. The Morgan fingerprint density at radius 3 is 1.89 bits per heavy atom. The molecule has 18 heavy (non-hydrogen) atoms. The Balaban J connectivity index is 5.28. The monoisotopic (exact) mass is 254 g/mol. The summed E-state index contributed by atoms with van der Waals surface area (Å²) in [6.07, 6.45) is 2.17. The molecular weight excluding hydrogens is 240 g/mol. The molecule has 6 nitrogen and oxygen atoms in total. The molecule has 0 aliphatic rings. The molecule has 0 aliphatic heterocycles.